The Bertz CT molecular complexity index is 862. The normalized spacial score (nSPS) is 17.1. The summed E-state index contributed by atoms with van der Waals surface area (Å²) in [5, 5.41) is 9.70. The Hall–Kier alpha value is -2.00. The average molecular weight is 424 g/mol. The number of amides is 2. The van der Waals surface area contributed by atoms with Gasteiger partial charge in [-0.15, -0.1) is 0 Å². The molecule has 1 aliphatic heterocycles. The summed E-state index contributed by atoms with van der Waals surface area (Å²) in [6, 6.07) is 7.50. The molecule has 0 radical (unpaired) electrons. The molecule has 25 heavy (non-hydrogen) atoms. The minimum atomic E-state index is -0.378. The molecule has 132 valence electrons. The van der Waals surface area contributed by atoms with Crippen LogP contribution in [0.15, 0.2) is 28.7 Å². The molecule has 1 aliphatic rings. The molecule has 2 amide bonds. The fourth-order valence-electron chi connectivity index (χ4n) is 2.91. The molecule has 3 rings (SSSR count). The Morgan fingerprint density at radius 2 is 2.24 bits per heavy atom. The van der Waals surface area contributed by atoms with Gasteiger partial charge in [-0.25, -0.2) is 0 Å². The van der Waals surface area contributed by atoms with Crippen LogP contribution in [0.2, 0.25) is 0 Å². The van der Waals surface area contributed by atoms with Crippen molar-refractivity contribution in [3.05, 3.63) is 39.3 Å². The molecule has 1 unspecified atom stereocenters. The fraction of sp³-hybridized carbons (Fsp3) is 0.375. The third kappa shape index (κ3) is 3.67. The Morgan fingerprint density at radius 3 is 2.96 bits per heavy atom. The molecular formula is C16H18BrN5O2S. The number of anilines is 1. The lowest BCUT2D eigenvalue weighted by molar-refractivity contribution is -0.126. The molecule has 2 heterocycles. The van der Waals surface area contributed by atoms with Crippen molar-refractivity contribution in [2.24, 2.45) is 5.92 Å². The maximum atomic E-state index is 12.5. The van der Waals surface area contributed by atoms with Gasteiger partial charge in [0.25, 0.3) is 0 Å². The topological polar surface area (TPSA) is 83.0 Å². The van der Waals surface area contributed by atoms with E-state index in [9.17, 15) is 9.59 Å². The van der Waals surface area contributed by atoms with E-state index >= 15 is 0 Å². The summed E-state index contributed by atoms with van der Waals surface area (Å²) in [6.07, 6.45) is 0.202. The number of nitrogens with one attached hydrogen (secondary N) is 2. The quantitative estimate of drug-likeness (QED) is 0.723. The number of para-hydroxylation sites is 1. The van der Waals surface area contributed by atoms with Crippen LogP contribution < -0.4 is 10.2 Å². The summed E-state index contributed by atoms with van der Waals surface area (Å²) in [4.78, 5) is 26.4. The van der Waals surface area contributed by atoms with Crippen molar-refractivity contribution >= 4 is 45.6 Å². The van der Waals surface area contributed by atoms with Gasteiger partial charge in [0.05, 0.1) is 18.2 Å². The lowest BCUT2D eigenvalue weighted by atomic mass is 10.1. The van der Waals surface area contributed by atoms with Crippen LogP contribution >= 0.6 is 28.1 Å². The Kier molecular flexibility index (Phi) is 5.33. The average Bonchev–Trinajstić information content (AvgIpc) is 3.15. The maximum absolute atomic E-state index is 12.5. The number of nitrogens with zero attached hydrogens (tertiary/aromatic N) is 3. The van der Waals surface area contributed by atoms with Gasteiger partial charge in [0.2, 0.25) is 11.8 Å². The van der Waals surface area contributed by atoms with Gasteiger partial charge in [0.15, 0.2) is 10.6 Å². The van der Waals surface area contributed by atoms with E-state index in [0.29, 0.717) is 23.7 Å². The van der Waals surface area contributed by atoms with Gasteiger partial charge in [0.1, 0.15) is 0 Å². The fourth-order valence-corrected chi connectivity index (χ4v) is 3.69. The summed E-state index contributed by atoms with van der Waals surface area (Å²) in [5.41, 5.74) is 0.787. The van der Waals surface area contributed by atoms with Crippen LogP contribution in [0.25, 0.3) is 0 Å². The van der Waals surface area contributed by atoms with Crippen molar-refractivity contribution in [2.45, 2.75) is 26.4 Å². The molecule has 1 aromatic carbocycles. The number of carbonyl (C=O) groups is 2. The number of benzene rings is 1. The zero-order valence-electron chi connectivity index (χ0n) is 13.7. The van der Waals surface area contributed by atoms with Gasteiger partial charge in [-0.1, -0.05) is 12.1 Å². The van der Waals surface area contributed by atoms with Crippen LogP contribution in [0.4, 0.5) is 5.69 Å². The molecule has 2 N–H and O–H groups in total. The molecule has 9 heteroatoms. The van der Waals surface area contributed by atoms with Gasteiger partial charge >= 0.3 is 0 Å². The van der Waals surface area contributed by atoms with Crippen molar-refractivity contribution < 1.29 is 9.59 Å². The standard InChI is InChI=1S/C16H18BrN5O2S/c1-2-21-13(19-20-16(21)25)8-18-15(24)10-7-14(23)22(9-10)12-6-4-3-5-11(12)17/h3-6,10H,2,7-9H2,1H3,(H,18,24)(H,20,25). The van der Waals surface area contributed by atoms with E-state index in [4.69, 9.17) is 12.2 Å². The van der Waals surface area contributed by atoms with Crippen molar-refractivity contribution in [1.29, 1.82) is 0 Å². The number of hydrogen-bond acceptors (Lipinski definition) is 4. The first-order valence-corrected chi connectivity index (χ1v) is 9.18. The highest BCUT2D eigenvalue weighted by Crippen LogP contribution is 2.31. The smallest absolute Gasteiger partial charge is 0.227 e. The van der Waals surface area contributed by atoms with E-state index in [1.165, 1.54) is 0 Å². The maximum Gasteiger partial charge on any atom is 0.227 e. The van der Waals surface area contributed by atoms with Crippen LogP contribution in [-0.2, 0) is 22.7 Å². The molecule has 0 bridgehead atoms. The van der Waals surface area contributed by atoms with Crippen molar-refractivity contribution in [1.82, 2.24) is 20.1 Å². The highest BCUT2D eigenvalue weighted by atomic mass is 79.9. The predicted octanol–water partition coefficient (Wildman–Crippen LogP) is 2.39. The Balaban J connectivity index is 1.65. The second-order valence-corrected chi connectivity index (χ2v) is 7.00. The summed E-state index contributed by atoms with van der Waals surface area (Å²) in [6.45, 7) is 3.29. The third-order valence-corrected chi connectivity index (χ3v) is 5.20. The first-order valence-electron chi connectivity index (χ1n) is 7.98. The van der Waals surface area contributed by atoms with Crippen molar-refractivity contribution in [2.75, 3.05) is 11.4 Å². The highest BCUT2D eigenvalue weighted by molar-refractivity contribution is 9.10. The highest BCUT2D eigenvalue weighted by Gasteiger charge is 2.35. The summed E-state index contributed by atoms with van der Waals surface area (Å²) < 4.78 is 3.19. The SMILES string of the molecule is CCn1c(CNC(=O)C2CC(=O)N(c3ccccc3Br)C2)n[nH]c1=S. The molecule has 1 saturated heterocycles. The van der Waals surface area contributed by atoms with E-state index in [0.717, 1.165) is 10.2 Å². The number of rotatable bonds is 5. The van der Waals surface area contributed by atoms with E-state index in [1.54, 1.807) is 4.90 Å². The van der Waals surface area contributed by atoms with Crippen LogP contribution in [0.3, 0.4) is 0 Å². The second kappa shape index (κ2) is 7.49. The minimum Gasteiger partial charge on any atom is -0.348 e. The number of aromatic nitrogens is 3. The first-order chi connectivity index (χ1) is 12.0. The lowest BCUT2D eigenvalue weighted by Crippen LogP contribution is -2.33. The number of H-pyrrole nitrogens is 1. The van der Waals surface area contributed by atoms with Crippen molar-refractivity contribution in [3.8, 4) is 0 Å². The van der Waals surface area contributed by atoms with Gasteiger partial charge in [-0.3, -0.25) is 14.7 Å². The van der Waals surface area contributed by atoms with Crippen LogP contribution in [0.5, 0.6) is 0 Å². The van der Waals surface area contributed by atoms with E-state index in [-0.39, 0.29) is 30.7 Å². The number of halogens is 1. The van der Waals surface area contributed by atoms with E-state index in [2.05, 4.69) is 31.4 Å². The molecular weight excluding hydrogens is 406 g/mol. The molecule has 7 nitrogen and oxygen atoms in total. The molecule has 1 aromatic heterocycles. The number of carbonyl (C=O) groups excluding carboxylic acids is 2. The second-order valence-electron chi connectivity index (χ2n) is 5.76. The molecule has 0 aliphatic carbocycles. The molecule has 0 saturated carbocycles. The summed E-state index contributed by atoms with van der Waals surface area (Å²) in [7, 11) is 0. The van der Waals surface area contributed by atoms with E-state index in [1.807, 2.05) is 35.8 Å². The lowest BCUT2D eigenvalue weighted by Gasteiger charge is -2.18. The predicted molar refractivity (Wildman–Crippen MR) is 99.5 cm³/mol. The number of hydrogen-bond donors (Lipinski definition) is 2. The zero-order chi connectivity index (χ0) is 18.0. The monoisotopic (exact) mass is 423 g/mol. The minimum absolute atomic E-state index is 0.0525. The van der Waals surface area contributed by atoms with Crippen LogP contribution in [-0.4, -0.2) is 33.1 Å². The van der Waals surface area contributed by atoms with Crippen LogP contribution in [0, 0.1) is 10.7 Å². The Labute approximate surface area is 158 Å². The Morgan fingerprint density at radius 1 is 1.48 bits per heavy atom. The molecule has 0 spiro atoms. The van der Waals surface area contributed by atoms with Gasteiger partial charge < -0.3 is 14.8 Å². The summed E-state index contributed by atoms with van der Waals surface area (Å²) >= 11 is 8.58. The van der Waals surface area contributed by atoms with Crippen LogP contribution in [0.1, 0.15) is 19.2 Å². The van der Waals surface area contributed by atoms with Gasteiger partial charge in [-0.2, -0.15) is 5.10 Å². The van der Waals surface area contributed by atoms with Gasteiger partial charge in [0, 0.05) is 24.0 Å². The zero-order valence-corrected chi connectivity index (χ0v) is 16.1. The number of aromatic amines is 1. The molecule has 2 aromatic rings. The summed E-state index contributed by atoms with van der Waals surface area (Å²) in [5.74, 6) is 0.0900. The molecule has 1 fully saturated rings. The van der Waals surface area contributed by atoms with Gasteiger partial charge in [-0.05, 0) is 47.2 Å². The first kappa shape index (κ1) is 17.8. The molecule has 1 atom stereocenters. The van der Waals surface area contributed by atoms with E-state index < -0.39 is 0 Å². The van der Waals surface area contributed by atoms with Crippen molar-refractivity contribution in [3.63, 3.8) is 0 Å². The third-order valence-electron chi connectivity index (χ3n) is 4.21. The largest absolute Gasteiger partial charge is 0.348 e.